The average Bonchev–Trinajstić information content (AvgIpc) is 2.67. The molecule has 3 rings (SSSR count). The zero-order valence-electron chi connectivity index (χ0n) is 17.2. The van der Waals surface area contributed by atoms with Crippen LogP contribution in [0, 0.1) is 11.8 Å². The molecule has 2 amide bonds. The van der Waals surface area contributed by atoms with Gasteiger partial charge in [0.05, 0.1) is 6.54 Å². The highest BCUT2D eigenvalue weighted by molar-refractivity contribution is 5.85. The number of amides is 2. The van der Waals surface area contributed by atoms with Crippen LogP contribution in [0.4, 0.5) is 0 Å². The van der Waals surface area contributed by atoms with E-state index in [0.29, 0.717) is 31.5 Å². The van der Waals surface area contributed by atoms with Gasteiger partial charge in [-0.05, 0) is 44.2 Å². The molecule has 3 fully saturated rings. The van der Waals surface area contributed by atoms with Crippen LogP contribution in [-0.4, -0.2) is 98.1 Å². The number of nitrogens with zero attached hydrogens (tertiary/aromatic N) is 3. The highest BCUT2D eigenvalue weighted by Crippen LogP contribution is 2.26. The molecule has 2 atom stereocenters. The molecule has 0 aromatic heterocycles. The lowest BCUT2D eigenvalue weighted by atomic mass is 9.90. The van der Waals surface area contributed by atoms with Crippen molar-refractivity contribution in [3.8, 4) is 0 Å². The van der Waals surface area contributed by atoms with Gasteiger partial charge >= 0.3 is 0 Å². The fraction of sp³-hybridized carbons (Fsp3) is 0.900. The van der Waals surface area contributed by atoms with Gasteiger partial charge in [-0.15, -0.1) is 0 Å². The molecule has 0 spiro atoms. The molecule has 0 bridgehead atoms. The van der Waals surface area contributed by atoms with Gasteiger partial charge in [-0.1, -0.05) is 13.8 Å². The molecular weight excluding hydrogens is 344 g/mol. The lowest BCUT2D eigenvalue weighted by molar-refractivity contribution is -0.160. The van der Waals surface area contributed by atoms with E-state index >= 15 is 0 Å². The van der Waals surface area contributed by atoms with Crippen LogP contribution in [0.15, 0.2) is 0 Å². The number of hydrogen-bond donors (Lipinski definition) is 1. The molecule has 3 aliphatic heterocycles. The van der Waals surface area contributed by atoms with Crippen LogP contribution in [-0.2, 0) is 14.3 Å². The molecule has 2 unspecified atom stereocenters. The number of methoxy groups -OCH3 is 1. The van der Waals surface area contributed by atoms with Gasteiger partial charge in [0.2, 0.25) is 5.91 Å². The lowest BCUT2D eigenvalue weighted by Crippen LogP contribution is -2.60. The first kappa shape index (κ1) is 20.6. The van der Waals surface area contributed by atoms with Crippen molar-refractivity contribution in [2.45, 2.75) is 38.7 Å². The third kappa shape index (κ3) is 4.81. The van der Waals surface area contributed by atoms with Crippen molar-refractivity contribution in [2.24, 2.45) is 11.8 Å². The van der Waals surface area contributed by atoms with E-state index < -0.39 is 5.60 Å². The summed E-state index contributed by atoms with van der Waals surface area (Å²) in [5, 5.41) is 3.30. The van der Waals surface area contributed by atoms with Crippen LogP contribution in [0.5, 0.6) is 0 Å². The maximum Gasteiger partial charge on any atom is 0.254 e. The molecule has 27 heavy (non-hydrogen) atoms. The van der Waals surface area contributed by atoms with Crippen LogP contribution in [0.25, 0.3) is 0 Å². The Labute approximate surface area is 163 Å². The zero-order valence-corrected chi connectivity index (χ0v) is 17.2. The van der Waals surface area contributed by atoms with Crippen molar-refractivity contribution in [3.05, 3.63) is 0 Å². The van der Waals surface area contributed by atoms with Gasteiger partial charge in [0, 0.05) is 46.4 Å². The number of piperazine rings is 1. The number of ether oxygens (including phenoxy) is 1. The third-order valence-electron chi connectivity index (χ3n) is 6.43. The fourth-order valence-corrected chi connectivity index (χ4v) is 4.89. The lowest BCUT2D eigenvalue weighted by Gasteiger charge is -2.42. The molecule has 0 saturated carbocycles. The van der Waals surface area contributed by atoms with Crippen molar-refractivity contribution in [1.29, 1.82) is 0 Å². The number of hydrogen-bond acceptors (Lipinski definition) is 5. The Kier molecular flexibility index (Phi) is 6.76. The van der Waals surface area contributed by atoms with Gasteiger partial charge in [0.25, 0.3) is 5.91 Å². The number of likely N-dealkylation sites (tertiary alicyclic amines) is 1. The van der Waals surface area contributed by atoms with Gasteiger partial charge in [0.15, 0.2) is 0 Å². The standard InChI is InChI=1S/C20H36N4O3/c1-16-12-17(2)14-24(13-16)18(25)15-22-8-10-23(11-9-22)19(26)20(27-3)4-6-21-7-5-20/h16-17,21H,4-15H2,1-3H3. The summed E-state index contributed by atoms with van der Waals surface area (Å²) in [7, 11) is 1.65. The van der Waals surface area contributed by atoms with Gasteiger partial charge in [-0.3, -0.25) is 14.5 Å². The normalized spacial score (nSPS) is 29.6. The van der Waals surface area contributed by atoms with E-state index in [-0.39, 0.29) is 11.8 Å². The summed E-state index contributed by atoms with van der Waals surface area (Å²) in [6.45, 7) is 11.2. The summed E-state index contributed by atoms with van der Waals surface area (Å²) < 4.78 is 5.68. The fourth-order valence-electron chi connectivity index (χ4n) is 4.89. The molecule has 154 valence electrons. The van der Waals surface area contributed by atoms with Crippen molar-refractivity contribution in [2.75, 3.05) is 66.0 Å². The molecule has 7 nitrogen and oxygen atoms in total. The predicted molar refractivity (Wildman–Crippen MR) is 104 cm³/mol. The Balaban J connectivity index is 1.48. The Bertz CT molecular complexity index is 517. The van der Waals surface area contributed by atoms with Crippen molar-refractivity contribution in [1.82, 2.24) is 20.0 Å². The molecule has 0 aromatic carbocycles. The van der Waals surface area contributed by atoms with Crippen LogP contribution in [0.2, 0.25) is 0 Å². The summed E-state index contributed by atoms with van der Waals surface area (Å²) in [4.78, 5) is 31.9. The first-order valence-electron chi connectivity index (χ1n) is 10.5. The maximum atomic E-state index is 13.0. The number of carbonyl (C=O) groups excluding carboxylic acids is 2. The van der Waals surface area contributed by atoms with Crippen LogP contribution >= 0.6 is 0 Å². The highest BCUT2D eigenvalue weighted by Gasteiger charge is 2.43. The molecule has 0 aromatic rings. The molecule has 3 aliphatic rings. The van der Waals surface area contributed by atoms with Gasteiger partial charge < -0.3 is 19.9 Å². The van der Waals surface area contributed by atoms with E-state index in [0.717, 1.165) is 52.1 Å². The summed E-state index contributed by atoms with van der Waals surface area (Å²) in [6, 6.07) is 0. The first-order valence-corrected chi connectivity index (χ1v) is 10.5. The van der Waals surface area contributed by atoms with Gasteiger partial charge in [0.1, 0.15) is 5.60 Å². The van der Waals surface area contributed by atoms with Gasteiger partial charge in [-0.25, -0.2) is 0 Å². The second-order valence-electron chi connectivity index (χ2n) is 8.76. The third-order valence-corrected chi connectivity index (χ3v) is 6.43. The average molecular weight is 381 g/mol. The van der Waals surface area contributed by atoms with E-state index in [9.17, 15) is 9.59 Å². The summed E-state index contributed by atoms with van der Waals surface area (Å²) in [5.74, 6) is 1.53. The van der Waals surface area contributed by atoms with E-state index in [1.54, 1.807) is 7.11 Å². The Morgan fingerprint density at radius 3 is 2.15 bits per heavy atom. The topological polar surface area (TPSA) is 65.1 Å². The minimum absolute atomic E-state index is 0.121. The van der Waals surface area contributed by atoms with Crippen molar-refractivity contribution >= 4 is 11.8 Å². The number of nitrogens with one attached hydrogen (secondary N) is 1. The Hall–Kier alpha value is -1.18. The summed E-state index contributed by atoms with van der Waals surface area (Å²) in [5.41, 5.74) is -0.663. The molecule has 0 aliphatic carbocycles. The largest absolute Gasteiger partial charge is 0.368 e. The molecule has 0 radical (unpaired) electrons. The SMILES string of the molecule is COC1(C(=O)N2CCN(CC(=O)N3CC(C)CC(C)C3)CC2)CCNCC1. The van der Waals surface area contributed by atoms with Crippen LogP contribution < -0.4 is 5.32 Å². The smallest absolute Gasteiger partial charge is 0.254 e. The van der Waals surface area contributed by atoms with E-state index in [1.807, 2.05) is 9.80 Å². The Morgan fingerprint density at radius 1 is 1.00 bits per heavy atom. The first-order chi connectivity index (χ1) is 12.9. The number of piperidine rings is 2. The van der Waals surface area contributed by atoms with E-state index in [2.05, 4.69) is 24.1 Å². The van der Waals surface area contributed by atoms with Crippen LogP contribution in [0.3, 0.4) is 0 Å². The van der Waals surface area contributed by atoms with E-state index in [4.69, 9.17) is 4.74 Å². The second kappa shape index (κ2) is 8.88. The summed E-state index contributed by atoms with van der Waals surface area (Å²) in [6.07, 6.45) is 2.67. The molecule has 7 heteroatoms. The Morgan fingerprint density at radius 2 is 1.59 bits per heavy atom. The minimum Gasteiger partial charge on any atom is -0.368 e. The predicted octanol–water partition coefficient (Wildman–Crippen LogP) is 0.404. The molecule has 3 saturated heterocycles. The highest BCUT2D eigenvalue weighted by atomic mass is 16.5. The van der Waals surface area contributed by atoms with Crippen molar-refractivity contribution in [3.63, 3.8) is 0 Å². The maximum absolute atomic E-state index is 13.0. The molecule has 3 heterocycles. The quantitative estimate of drug-likeness (QED) is 0.765. The van der Waals surface area contributed by atoms with Crippen molar-refractivity contribution < 1.29 is 14.3 Å². The van der Waals surface area contributed by atoms with Crippen LogP contribution in [0.1, 0.15) is 33.1 Å². The number of carbonyl (C=O) groups is 2. The monoisotopic (exact) mass is 380 g/mol. The number of rotatable bonds is 4. The molecular formula is C20H36N4O3. The molecule has 1 N–H and O–H groups in total. The van der Waals surface area contributed by atoms with E-state index in [1.165, 1.54) is 6.42 Å². The minimum atomic E-state index is -0.663. The van der Waals surface area contributed by atoms with Gasteiger partial charge in [-0.2, -0.15) is 0 Å². The zero-order chi connectivity index (χ0) is 19.4. The second-order valence-corrected chi connectivity index (χ2v) is 8.76. The summed E-state index contributed by atoms with van der Waals surface area (Å²) >= 11 is 0.